The predicted molar refractivity (Wildman–Crippen MR) is 34.2 cm³/mol. The second kappa shape index (κ2) is 1.94. The van der Waals surface area contributed by atoms with Crippen LogP contribution in [0.15, 0.2) is 0 Å². The van der Waals surface area contributed by atoms with E-state index in [9.17, 15) is 15.3 Å². The monoisotopic (exact) mass is 144 g/mol. The molecule has 0 aromatic rings. The summed E-state index contributed by atoms with van der Waals surface area (Å²) in [6.45, 7) is 0. The number of hydrogen-bond donors (Lipinski definition) is 3. The minimum atomic E-state index is -0.454. The first-order chi connectivity index (χ1) is 4.70. The molecule has 2 bridgehead atoms. The smallest absolute Gasteiger partial charge is 0.0647 e. The molecule has 0 heterocycles. The van der Waals surface area contributed by atoms with E-state index in [-0.39, 0.29) is 24.0 Å². The van der Waals surface area contributed by atoms with Crippen LogP contribution in [0.4, 0.5) is 0 Å². The van der Waals surface area contributed by atoms with E-state index in [0.29, 0.717) is 12.8 Å². The molecule has 0 aliphatic heterocycles. The molecule has 3 heteroatoms. The number of fused-ring (bicyclic) bond motifs is 2. The van der Waals surface area contributed by atoms with E-state index >= 15 is 0 Å². The molecule has 0 radical (unpaired) electrons. The molecule has 10 heavy (non-hydrogen) atoms. The van der Waals surface area contributed by atoms with E-state index < -0.39 is 6.10 Å². The molecular formula is C7H12O3. The third-order valence-electron chi connectivity index (χ3n) is 2.89. The molecule has 0 aromatic carbocycles. The average Bonchev–Trinajstić information content (AvgIpc) is 2.26. The van der Waals surface area contributed by atoms with Gasteiger partial charge in [0.25, 0.3) is 0 Å². The van der Waals surface area contributed by atoms with Crippen LogP contribution in [0.3, 0.4) is 0 Å². The van der Waals surface area contributed by atoms with Crippen molar-refractivity contribution in [1.29, 1.82) is 0 Å². The topological polar surface area (TPSA) is 60.7 Å². The molecule has 58 valence electrons. The van der Waals surface area contributed by atoms with E-state index in [4.69, 9.17) is 0 Å². The highest BCUT2D eigenvalue weighted by Crippen LogP contribution is 2.44. The van der Waals surface area contributed by atoms with Crippen molar-refractivity contribution in [2.45, 2.75) is 31.2 Å². The van der Waals surface area contributed by atoms with Crippen molar-refractivity contribution < 1.29 is 15.3 Å². The summed E-state index contributed by atoms with van der Waals surface area (Å²) in [5.41, 5.74) is 0. The molecule has 2 fully saturated rings. The first-order valence-corrected chi connectivity index (χ1v) is 3.74. The van der Waals surface area contributed by atoms with Crippen LogP contribution in [0.5, 0.6) is 0 Å². The van der Waals surface area contributed by atoms with Crippen LogP contribution in [-0.2, 0) is 0 Å². The van der Waals surface area contributed by atoms with Crippen LogP contribution < -0.4 is 0 Å². The van der Waals surface area contributed by atoms with Crippen molar-refractivity contribution >= 4 is 0 Å². The maximum atomic E-state index is 9.35. The van der Waals surface area contributed by atoms with E-state index in [1.165, 1.54) is 0 Å². The normalized spacial score (nSPS) is 59.7. The SMILES string of the molecule is OC1[C@@H]2C[C@H](O)[C@H]1C[C@@H]2O. The summed E-state index contributed by atoms with van der Waals surface area (Å²) in [6.07, 6.45) is -0.0446. The highest BCUT2D eigenvalue weighted by molar-refractivity contribution is 5.01. The zero-order valence-electron chi connectivity index (χ0n) is 5.64. The molecule has 2 rings (SSSR count). The highest BCUT2D eigenvalue weighted by Gasteiger charge is 2.51. The van der Waals surface area contributed by atoms with Gasteiger partial charge in [0.15, 0.2) is 0 Å². The Hall–Kier alpha value is -0.120. The molecular weight excluding hydrogens is 132 g/mol. The van der Waals surface area contributed by atoms with Crippen LogP contribution in [0.1, 0.15) is 12.8 Å². The third kappa shape index (κ3) is 0.654. The molecule has 3 N–H and O–H groups in total. The van der Waals surface area contributed by atoms with Crippen LogP contribution in [0.25, 0.3) is 0 Å². The average molecular weight is 144 g/mol. The molecule has 0 saturated heterocycles. The van der Waals surface area contributed by atoms with Gasteiger partial charge in [0.1, 0.15) is 0 Å². The van der Waals surface area contributed by atoms with Crippen molar-refractivity contribution in [3.05, 3.63) is 0 Å². The Kier molecular flexibility index (Phi) is 1.27. The Bertz CT molecular complexity index is 132. The minimum absolute atomic E-state index is 0.0556. The fraction of sp³-hybridized carbons (Fsp3) is 1.00. The summed E-state index contributed by atoms with van der Waals surface area (Å²) in [6, 6.07) is 0. The van der Waals surface area contributed by atoms with E-state index in [2.05, 4.69) is 0 Å². The lowest BCUT2D eigenvalue weighted by molar-refractivity contribution is 0.0447. The van der Waals surface area contributed by atoms with Gasteiger partial charge in [-0.15, -0.1) is 0 Å². The van der Waals surface area contributed by atoms with Gasteiger partial charge in [0, 0.05) is 11.8 Å². The molecule has 0 amide bonds. The predicted octanol–water partition coefficient (Wildman–Crippen LogP) is -0.891. The Morgan fingerprint density at radius 1 is 0.800 bits per heavy atom. The van der Waals surface area contributed by atoms with Crippen LogP contribution >= 0.6 is 0 Å². The molecule has 0 aromatic heterocycles. The summed E-state index contributed by atoms with van der Waals surface area (Å²) < 4.78 is 0. The summed E-state index contributed by atoms with van der Waals surface area (Å²) in [5, 5.41) is 27.8. The highest BCUT2D eigenvalue weighted by atomic mass is 16.3. The maximum absolute atomic E-state index is 9.35. The second-order valence-corrected chi connectivity index (χ2v) is 3.42. The lowest BCUT2D eigenvalue weighted by Gasteiger charge is -2.19. The summed E-state index contributed by atoms with van der Waals surface area (Å²) in [4.78, 5) is 0. The molecule has 2 saturated carbocycles. The largest absolute Gasteiger partial charge is 0.393 e. The molecule has 2 aliphatic carbocycles. The standard InChI is InChI=1S/C7H12O3/c8-5-1-3-6(9)2-4(5)7(3)10/h3-10H,1-2H2/t3-,4-,5+,6+/m1/s1. The molecule has 0 unspecified atom stereocenters. The molecule has 2 aliphatic rings. The van der Waals surface area contributed by atoms with Gasteiger partial charge in [0.05, 0.1) is 18.3 Å². The van der Waals surface area contributed by atoms with Gasteiger partial charge in [-0.2, -0.15) is 0 Å². The van der Waals surface area contributed by atoms with Gasteiger partial charge >= 0.3 is 0 Å². The van der Waals surface area contributed by atoms with Crippen molar-refractivity contribution in [1.82, 2.24) is 0 Å². The van der Waals surface area contributed by atoms with Gasteiger partial charge in [-0.05, 0) is 12.8 Å². The Balaban J connectivity index is 2.17. The van der Waals surface area contributed by atoms with Crippen LogP contribution in [0.2, 0.25) is 0 Å². The zero-order chi connectivity index (χ0) is 7.30. The van der Waals surface area contributed by atoms with Gasteiger partial charge in [-0.1, -0.05) is 0 Å². The van der Waals surface area contributed by atoms with Crippen molar-refractivity contribution in [3.8, 4) is 0 Å². The summed E-state index contributed by atoms with van der Waals surface area (Å²) in [7, 11) is 0. The summed E-state index contributed by atoms with van der Waals surface area (Å²) in [5.74, 6) is -0.111. The van der Waals surface area contributed by atoms with Crippen LogP contribution in [-0.4, -0.2) is 33.6 Å². The number of aliphatic hydroxyl groups is 3. The van der Waals surface area contributed by atoms with Gasteiger partial charge in [-0.25, -0.2) is 0 Å². The van der Waals surface area contributed by atoms with Gasteiger partial charge < -0.3 is 15.3 Å². The van der Waals surface area contributed by atoms with E-state index in [1.54, 1.807) is 0 Å². The maximum Gasteiger partial charge on any atom is 0.0647 e. The lowest BCUT2D eigenvalue weighted by Crippen LogP contribution is -2.24. The first-order valence-electron chi connectivity index (χ1n) is 3.74. The molecule has 4 atom stereocenters. The van der Waals surface area contributed by atoms with Crippen molar-refractivity contribution in [2.24, 2.45) is 11.8 Å². The zero-order valence-corrected chi connectivity index (χ0v) is 5.64. The Labute approximate surface area is 59.3 Å². The van der Waals surface area contributed by atoms with E-state index in [1.807, 2.05) is 0 Å². The van der Waals surface area contributed by atoms with Crippen LogP contribution in [0, 0.1) is 11.8 Å². The number of rotatable bonds is 0. The molecule has 3 nitrogen and oxygen atoms in total. The van der Waals surface area contributed by atoms with Gasteiger partial charge in [0.2, 0.25) is 0 Å². The van der Waals surface area contributed by atoms with E-state index in [0.717, 1.165) is 0 Å². The van der Waals surface area contributed by atoms with Crippen molar-refractivity contribution in [2.75, 3.05) is 0 Å². The fourth-order valence-electron chi connectivity index (χ4n) is 2.27. The second-order valence-electron chi connectivity index (χ2n) is 3.42. The lowest BCUT2D eigenvalue weighted by atomic mass is 9.95. The first kappa shape index (κ1) is 6.58. The Morgan fingerprint density at radius 3 is 1.40 bits per heavy atom. The Morgan fingerprint density at radius 2 is 1.20 bits per heavy atom. The number of aliphatic hydroxyl groups excluding tert-OH is 3. The number of hydrogen-bond acceptors (Lipinski definition) is 3. The van der Waals surface area contributed by atoms with Gasteiger partial charge in [-0.3, -0.25) is 0 Å². The molecule has 0 spiro atoms. The minimum Gasteiger partial charge on any atom is -0.393 e. The fourth-order valence-corrected chi connectivity index (χ4v) is 2.27. The van der Waals surface area contributed by atoms with Crippen molar-refractivity contribution in [3.63, 3.8) is 0 Å². The quantitative estimate of drug-likeness (QED) is 0.413. The summed E-state index contributed by atoms with van der Waals surface area (Å²) >= 11 is 0. The third-order valence-corrected chi connectivity index (χ3v) is 2.89.